The maximum absolute atomic E-state index is 4.25. The molecule has 3 rings (SSSR count). The number of hydrogen-bond acceptors (Lipinski definition) is 1. The van der Waals surface area contributed by atoms with Crippen LogP contribution in [0.3, 0.4) is 0 Å². The minimum absolute atomic E-state index is 0.985. The second-order valence-electron chi connectivity index (χ2n) is 3.63. The Bertz CT molecular complexity index is 616. The van der Waals surface area contributed by atoms with E-state index >= 15 is 0 Å². The topological polar surface area (TPSA) is 33.1 Å². The Labute approximate surface area is 81.4 Å². The molecule has 0 unspecified atom stereocenters. The Balaban J connectivity index is 2.63. The van der Waals surface area contributed by atoms with Crippen LogP contribution in [0, 0.1) is 13.8 Å². The molecule has 70 valence electrons. The summed E-state index contributed by atoms with van der Waals surface area (Å²) in [5, 5.41) is 1.27. The monoisotopic (exact) mass is 185 g/mol. The highest BCUT2D eigenvalue weighted by atomic mass is 15.0. The molecule has 0 spiro atoms. The van der Waals surface area contributed by atoms with Gasteiger partial charge in [0.1, 0.15) is 11.3 Å². The molecule has 3 aromatic rings. The number of imidazole rings is 1. The van der Waals surface area contributed by atoms with E-state index in [1.807, 2.05) is 18.5 Å². The molecule has 0 atom stereocenters. The summed E-state index contributed by atoms with van der Waals surface area (Å²) in [6, 6.07) is 4.17. The maximum atomic E-state index is 4.25. The lowest BCUT2D eigenvalue weighted by molar-refractivity contribution is 1.17. The van der Waals surface area contributed by atoms with E-state index in [9.17, 15) is 0 Å². The lowest BCUT2D eigenvalue weighted by Gasteiger charge is -1.95. The molecule has 0 fully saturated rings. The lowest BCUT2D eigenvalue weighted by atomic mass is 10.2. The van der Waals surface area contributed by atoms with E-state index in [1.54, 1.807) is 0 Å². The van der Waals surface area contributed by atoms with Crippen LogP contribution < -0.4 is 0 Å². The Kier molecular flexibility index (Phi) is 1.29. The maximum Gasteiger partial charge on any atom is 0.138 e. The van der Waals surface area contributed by atoms with Gasteiger partial charge >= 0.3 is 0 Å². The van der Waals surface area contributed by atoms with E-state index in [-0.39, 0.29) is 0 Å². The summed E-state index contributed by atoms with van der Waals surface area (Å²) in [5.41, 5.74) is 4.66. The molecule has 3 heterocycles. The zero-order valence-corrected chi connectivity index (χ0v) is 8.20. The minimum atomic E-state index is 0.985. The first-order valence-corrected chi connectivity index (χ1v) is 4.68. The smallest absolute Gasteiger partial charge is 0.138 e. The number of fused-ring (bicyclic) bond motifs is 3. The number of pyridine rings is 1. The average Bonchev–Trinajstić information content (AvgIpc) is 2.73. The first-order chi connectivity index (χ1) is 6.77. The van der Waals surface area contributed by atoms with E-state index in [0.29, 0.717) is 0 Å². The lowest BCUT2D eigenvalue weighted by Crippen LogP contribution is -1.85. The first kappa shape index (κ1) is 7.62. The molecule has 0 radical (unpaired) electrons. The number of H-pyrrole nitrogens is 1. The number of aryl methyl sites for hydroxylation is 2. The van der Waals surface area contributed by atoms with Crippen LogP contribution in [0.1, 0.15) is 11.3 Å². The SMILES string of the molecule is Cc1[nH]c2c(ccc3nccn32)c1C. The van der Waals surface area contributed by atoms with Crippen LogP contribution in [-0.2, 0) is 0 Å². The van der Waals surface area contributed by atoms with Gasteiger partial charge in [-0.05, 0) is 31.5 Å². The van der Waals surface area contributed by atoms with E-state index in [1.165, 1.54) is 16.6 Å². The summed E-state index contributed by atoms with van der Waals surface area (Å²) < 4.78 is 2.08. The number of nitrogens with one attached hydrogen (secondary N) is 1. The number of hydrogen-bond donors (Lipinski definition) is 1. The van der Waals surface area contributed by atoms with Crippen molar-refractivity contribution in [1.82, 2.24) is 14.4 Å². The fourth-order valence-electron chi connectivity index (χ4n) is 1.90. The van der Waals surface area contributed by atoms with Crippen molar-refractivity contribution in [3.8, 4) is 0 Å². The summed E-state index contributed by atoms with van der Waals surface area (Å²) in [5.74, 6) is 0. The average molecular weight is 185 g/mol. The second kappa shape index (κ2) is 2.38. The highest BCUT2D eigenvalue weighted by Crippen LogP contribution is 2.21. The molecule has 3 heteroatoms. The van der Waals surface area contributed by atoms with Gasteiger partial charge < -0.3 is 4.98 Å². The van der Waals surface area contributed by atoms with Crippen molar-refractivity contribution in [1.29, 1.82) is 0 Å². The van der Waals surface area contributed by atoms with Gasteiger partial charge in [-0.1, -0.05) is 0 Å². The van der Waals surface area contributed by atoms with Crippen LogP contribution in [0.15, 0.2) is 24.5 Å². The standard InChI is InChI=1S/C11H11N3/c1-7-8(2)13-11-9(7)3-4-10-12-5-6-14(10)11/h3-6,13H,1-2H3. The zero-order chi connectivity index (χ0) is 9.71. The van der Waals surface area contributed by atoms with Gasteiger partial charge in [0.05, 0.1) is 0 Å². The van der Waals surface area contributed by atoms with Crippen molar-refractivity contribution < 1.29 is 0 Å². The molecule has 3 nitrogen and oxygen atoms in total. The molecule has 0 bridgehead atoms. The second-order valence-corrected chi connectivity index (χ2v) is 3.63. The molecule has 0 aliphatic heterocycles. The third-order valence-corrected chi connectivity index (χ3v) is 2.84. The van der Waals surface area contributed by atoms with Crippen molar-refractivity contribution >= 4 is 16.7 Å². The molecular weight excluding hydrogens is 174 g/mol. The fourth-order valence-corrected chi connectivity index (χ4v) is 1.90. The predicted molar refractivity (Wildman–Crippen MR) is 56.5 cm³/mol. The van der Waals surface area contributed by atoms with Crippen molar-refractivity contribution in [3.05, 3.63) is 35.8 Å². The van der Waals surface area contributed by atoms with Gasteiger partial charge in [0.25, 0.3) is 0 Å². The fraction of sp³-hybridized carbons (Fsp3) is 0.182. The van der Waals surface area contributed by atoms with Crippen molar-refractivity contribution in [2.24, 2.45) is 0 Å². The molecule has 0 amide bonds. The molecule has 0 aliphatic rings. The molecule has 0 aliphatic carbocycles. The highest BCUT2D eigenvalue weighted by Gasteiger charge is 2.06. The molecule has 3 aromatic heterocycles. The van der Waals surface area contributed by atoms with E-state index in [0.717, 1.165) is 11.3 Å². The van der Waals surface area contributed by atoms with Crippen LogP contribution in [-0.4, -0.2) is 14.4 Å². The summed E-state index contributed by atoms with van der Waals surface area (Å²) in [4.78, 5) is 7.63. The predicted octanol–water partition coefficient (Wildman–Crippen LogP) is 2.43. The Hall–Kier alpha value is -1.77. The normalized spacial score (nSPS) is 11.6. The molecular formula is C11H11N3. The van der Waals surface area contributed by atoms with Crippen molar-refractivity contribution in [2.75, 3.05) is 0 Å². The van der Waals surface area contributed by atoms with Crippen LogP contribution in [0.4, 0.5) is 0 Å². The zero-order valence-electron chi connectivity index (χ0n) is 8.20. The largest absolute Gasteiger partial charge is 0.344 e. The van der Waals surface area contributed by atoms with Gasteiger partial charge in [-0.2, -0.15) is 0 Å². The number of rotatable bonds is 0. The van der Waals surface area contributed by atoms with E-state index in [4.69, 9.17) is 0 Å². The van der Waals surface area contributed by atoms with Crippen LogP contribution >= 0.6 is 0 Å². The van der Waals surface area contributed by atoms with Crippen molar-refractivity contribution in [2.45, 2.75) is 13.8 Å². The summed E-state index contributed by atoms with van der Waals surface area (Å²) in [6.07, 6.45) is 3.80. The highest BCUT2D eigenvalue weighted by molar-refractivity contribution is 5.83. The van der Waals surface area contributed by atoms with Gasteiger partial charge in [-0.25, -0.2) is 4.98 Å². The van der Waals surface area contributed by atoms with Gasteiger partial charge in [0.15, 0.2) is 0 Å². The molecule has 14 heavy (non-hydrogen) atoms. The summed E-state index contributed by atoms with van der Waals surface area (Å²) in [7, 11) is 0. The van der Waals surface area contributed by atoms with Gasteiger partial charge in [-0.3, -0.25) is 4.40 Å². The first-order valence-electron chi connectivity index (χ1n) is 4.68. The molecule has 0 saturated carbocycles. The van der Waals surface area contributed by atoms with Gasteiger partial charge in [0.2, 0.25) is 0 Å². The van der Waals surface area contributed by atoms with Crippen LogP contribution in [0.5, 0.6) is 0 Å². The molecule has 1 N–H and O–H groups in total. The Morgan fingerprint density at radius 1 is 1.29 bits per heavy atom. The van der Waals surface area contributed by atoms with Gasteiger partial charge in [-0.15, -0.1) is 0 Å². The summed E-state index contributed by atoms with van der Waals surface area (Å²) >= 11 is 0. The number of aromatic amines is 1. The Morgan fingerprint density at radius 3 is 3.00 bits per heavy atom. The third kappa shape index (κ3) is 0.789. The molecule has 0 saturated heterocycles. The van der Waals surface area contributed by atoms with Crippen LogP contribution in [0.2, 0.25) is 0 Å². The number of nitrogens with zero attached hydrogens (tertiary/aromatic N) is 2. The van der Waals surface area contributed by atoms with E-state index < -0.39 is 0 Å². The molecule has 0 aromatic carbocycles. The summed E-state index contributed by atoms with van der Waals surface area (Å²) in [6.45, 7) is 4.23. The Morgan fingerprint density at radius 2 is 2.14 bits per heavy atom. The van der Waals surface area contributed by atoms with Crippen LogP contribution in [0.25, 0.3) is 16.7 Å². The minimum Gasteiger partial charge on any atom is -0.344 e. The van der Waals surface area contributed by atoms with E-state index in [2.05, 4.69) is 34.3 Å². The quantitative estimate of drug-likeness (QED) is 0.573. The third-order valence-electron chi connectivity index (χ3n) is 2.84. The van der Waals surface area contributed by atoms with Crippen molar-refractivity contribution in [3.63, 3.8) is 0 Å². The number of aromatic nitrogens is 3. The van der Waals surface area contributed by atoms with Gasteiger partial charge in [0, 0.05) is 23.5 Å².